The molecule has 3 N–H and O–H groups in total. The quantitative estimate of drug-likeness (QED) is 0.481. The van der Waals surface area contributed by atoms with Crippen molar-refractivity contribution in [3.05, 3.63) is 34.9 Å². The summed E-state index contributed by atoms with van der Waals surface area (Å²) in [6.45, 7) is 2.21. The fourth-order valence-electron chi connectivity index (χ4n) is 5.79. The molecule has 9 nitrogen and oxygen atoms in total. The van der Waals surface area contributed by atoms with Crippen LogP contribution in [0.3, 0.4) is 0 Å². The Labute approximate surface area is 205 Å². The third-order valence-corrected chi connectivity index (χ3v) is 7.57. The van der Waals surface area contributed by atoms with Gasteiger partial charge in [-0.2, -0.15) is 18.2 Å². The van der Waals surface area contributed by atoms with Gasteiger partial charge in [0.05, 0.1) is 31.3 Å². The number of hydrogen-bond acceptors (Lipinski definition) is 4. The molecule has 194 valence electrons. The van der Waals surface area contributed by atoms with Gasteiger partial charge >= 0.3 is 18.1 Å². The molecular formula is C24H28F3N5O4. The first-order valence-corrected chi connectivity index (χ1v) is 12.2. The van der Waals surface area contributed by atoms with Crippen LogP contribution in [0.2, 0.25) is 0 Å². The van der Waals surface area contributed by atoms with Crippen molar-refractivity contribution in [3.8, 4) is 0 Å². The third kappa shape index (κ3) is 4.65. The van der Waals surface area contributed by atoms with Gasteiger partial charge in [0.1, 0.15) is 5.84 Å². The fraction of sp³-hybridized carbons (Fsp3) is 0.583. The normalized spacial score (nSPS) is 28.3. The summed E-state index contributed by atoms with van der Waals surface area (Å²) in [4.78, 5) is 44.1. The predicted molar refractivity (Wildman–Crippen MR) is 122 cm³/mol. The molecule has 1 saturated carbocycles. The highest BCUT2D eigenvalue weighted by molar-refractivity contribution is 6.07. The Balaban J connectivity index is 1.30. The summed E-state index contributed by atoms with van der Waals surface area (Å²) in [5.74, 6) is -2.82. The fourth-order valence-corrected chi connectivity index (χ4v) is 5.79. The van der Waals surface area contributed by atoms with Gasteiger partial charge < -0.3 is 25.6 Å². The molecule has 0 spiro atoms. The lowest BCUT2D eigenvalue weighted by Gasteiger charge is -2.39. The first kappa shape index (κ1) is 24.5. The number of benzene rings is 1. The van der Waals surface area contributed by atoms with Crippen molar-refractivity contribution in [2.24, 2.45) is 16.6 Å². The Bertz CT molecular complexity index is 1110. The van der Waals surface area contributed by atoms with E-state index in [1.807, 2.05) is 4.90 Å². The number of carbonyl (C=O) groups excluding carboxylic acids is 3. The van der Waals surface area contributed by atoms with E-state index >= 15 is 0 Å². The Morgan fingerprint density at radius 3 is 2.69 bits per heavy atom. The van der Waals surface area contributed by atoms with Crippen LogP contribution in [0.15, 0.2) is 23.2 Å². The number of ether oxygens (including phenoxy) is 1. The van der Waals surface area contributed by atoms with E-state index in [9.17, 15) is 27.6 Å². The summed E-state index contributed by atoms with van der Waals surface area (Å²) in [6, 6.07) is 3.98. The second kappa shape index (κ2) is 9.38. The molecule has 3 aliphatic heterocycles. The number of nitrogens with zero attached hydrogens (tertiary/aromatic N) is 3. The molecule has 36 heavy (non-hydrogen) atoms. The molecule has 0 aromatic heterocycles. The highest BCUT2D eigenvalue weighted by Gasteiger charge is 2.43. The highest BCUT2D eigenvalue weighted by atomic mass is 19.4. The van der Waals surface area contributed by atoms with Crippen molar-refractivity contribution in [2.75, 3.05) is 19.8 Å². The zero-order valence-corrected chi connectivity index (χ0v) is 19.6. The standard InChI is InChI=1S/C24H28F3N5O4/c25-24(26,27)22(34)30-20(28)14-5-6-15-10-32(21(33)17(15)8-14)19-4-2-1-3-18(19)29-23(35)31-9-13-7-16(31)12-36-11-13/h5-6,8,13,16,18-19H,1-4,7,9-12H2,(H,29,35)(H2,28,30,34)/t13?,16?,18-,19?/m1/s1. The molecule has 4 amide bonds. The number of fused-ring (bicyclic) bond motifs is 3. The zero-order valence-electron chi connectivity index (χ0n) is 19.6. The number of hydrogen-bond donors (Lipinski definition) is 2. The van der Waals surface area contributed by atoms with E-state index in [1.54, 1.807) is 11.0 Å². The van der Waals surface area contributed by atoms with Crippen molar-refractivity contribution in [3.63, 3.8) is 0 Å². The van der Waals surface area contributed by atoms with Crippen LogP contribution in [-0.2, 0) is 16.1 Å². The van der Waals surface area contributed by atoms with Gasteiger partial charge in [0.2, 0.25) is 0 Å². The van der Waals surface area contributed by atoms with Gasteiger partial charge in [-0.25, -0.2) is 4.79 Å². The number of amides is 4. The molecule has 1 aromatic rings. The number of nitrogens with two attached hydrogens (primary N) is 1. The predicted octanol–water partition coefficient (Wildman–Crippen LogP) is 2.18. The number of rotatable bonds is 3. The SMILES string of the molecule is NC(=NC(=O)C(F)(F)F)c1ccc2c(c1)C(=O)N(C1CCCC[C@H]1NC(=O)N1CC3COCC1C3)C2. The maximum absolute atomic E-state index is 13.3. The van der Waals surface area contributed by atoms with Crippen LogP contribution in [-0.4, -0.2) is 77.5 Å². The molecule has 1 aromatic carbocycles. The Morgan fingerprint density at radius 2 is 1.94 bits per heavy atom. The first-order chi connectivity index (χ1) is 17.1. The van der Waals surface area contributed by atoms with E-state index in [0.29, 0.717) is 43.3 Å². The molecule has 3 unspecified atom stereocenters. The maximum Gasteiger partial charge on any atom is 0.473 e. The average Bonchev–Trinajstić information content (AvgIpc) is 3.33. The Kier molecular flexibility index (Phi) is 6.39. The molecule has 0 radical (unpaired) electrons. The largest absolute Gasteiger partial charge is 0.473 e. The Morgan fingerprint density at radius 1 is 1.17 bits per heavy atom. The summed E-state index contributed by atoms with van der Waals surface area (Å²) in [5.41, 5.74) is 6.71. The van der Waals surface area contributed by atoms with Crippen LogP contribution in [0.5, 0.6) is 0 Å². The number of aliphatic imine (C=N–C) groups is 1. The minimum Gasteiger partial charge on any atom is -0.383 e. The number of amidine groups is 1. The number of alkyl halides is 3. The van der Waals surface area contributed by atoms with Gasteiger partial charge in [-0.05, 0) is 30.9 Å². The number of halogens is 3. The smallest absolute Gasteiger partial charge is 0.383 e. The molecule has 2 saturated heterocycles. The lowest BCUT2D eigenvalue weighted by molar-refractivity contribution is -0.169. The summed E-state index contributed by atoms with van der Waals surface area (Å²) in [6.07, 6.45) is -0.838. The molecule has 12 heteroatoms. The summed E-state index contributed by atoms with van der Waals surface area (Å²) in [5, 5.41) is 3.17. The van der Waals surface area contributed by atoms with E-state index < -0.39 is 17.9 Å². The van der Waals surface area contributed by atoms with E-state index in [0.717, 1.165) is 32.1 Å². The second-order valence-electron chi connectivity index (χ2n) is 9.96. The van der Waals surface area contributed by atoms with Crippen molar-refractivity contribution in [1.82, 2.24) is 15.1 Å². The third-order valence-electron chi connectivity index (χ3n) is 7.57. The minimum absolute atomic E-state index is 0.0671. The van der Waals surface area contributed by atoms with Gasteiger partial charge in [-0.1, -0.05) is 25.0 Å². The van der Waals surface area contributed by atoms with Gasteiger partial charge in [0.25, 0.3) is 5.91 Å². The number of nitrogens with one attached hydrogen (secondary N) is 1. The van der Waals surface area contributed by atoms with Crippen LogP contribution in [0, 0.1) is 5.92 Å². The van der Waals surface area contributed by atoms with Gasteiger partial charge in [0.15, 0.2) is 0 Å². The van der Waals surface area contributed by atoms with Crippen LogP contribution in [0.25, 0.3) is 0 Å². The monoisotopic (exact) mass is 507 g/mol. The van der Waals surface area contributed by atoms with Crippen LogP contribution >= 0.6 is 0 Å². The van der Waals surface area contributed by atoms with Crippen molar-refractivity contribution < 1.29 is 32.3 Å². The van der Waals surface area contributed by atoms with E-state index in [4.69, 9.17) is 10.5 Å². The van der Waals surface area contributed by atoms with Gasteiger partial charge in [-0.15, -0.1) is 0 Å². The number of urea groups is 1. The number of carbonyl (C=O) groups is 3. The molecule has 3 fully saturated rings. The molecule has 4 atom stereocenters. The van der Waals surface area contributed by atoms with E-state index in [-0.39, 0.29) is 35.6 Å². The Hall–Kier alpha value is -3.15. The first-order valence-electron chi connectivity index (χ1n) is 12.2. The molecule has 2 bridgehead atoms. The highest BCUT2D eigenvalue weighted by Crippen LogP contribution is 2.33. The van der Waals surface area contributed by atoms with Crippen LogP contribution in [0.4, 0.5) is 18.0 Å². The molecule has 3 heterocycles. The summed E-state index contributed by atoms with van der Waals surface area (Å²) in [7, 11) is 0. The topological polar surface area (TPSA) is 117 Å². The molecular weight excluding hydrogens is 479 g/mol. The summed E-state index contributed by atoms with van der Waals surface area (Å²) < 4.78 is 43.2. The molecule has 4 aliphatic rings. The molecule has 1 aliphatic carbocycles. The summed E-state index contributed by atoms with van der Waals surface area (Å²) >= 11 is 0. The van der Waals surface area contributed by atoms with Crippen molar-refractivity contribution in [2.45, 2.75) is 63.0 Å². The lowest BCUT2D eigenvalue weighted by atomic mass is 9.89. The zero-order chi connectivity index (χ0) is 25.6. The van der Waals surface area contributed by atoms with Crippen molar-refractivity contribution in [1.29, 1.82) is 0 Å². The van der Waals surface area contributed by atoms with E-state index in [1.165, 1.54) is 12.1 Å². The molecule has 5 rings (SSSR count). The number of likely N-dealkylation sites (tertiary alicyclic amines) is 1. The second-order valence-corrected chi connectivity index (χ2v) is 9.96. The minimum atomic E-state index is -5.13. The van der Waals surface area contributed by atoms with E-state index in [2.05, 4.69) is 10.3 Å². The average molecular weight is 508 g/mol. The van der Waals surface area contributed by atoms with Crippen LogP contribution in [0.1, 0.15) is 53.6 Å². The van der Waals surface area contributed by atoms with Crippen molar-refractivity contribution >= 4 is 23.7 Å². The maximum atomic E-state index is 13.3. The van der Waals surface area contributed by atoms with Gasteiger partial charge in [-0.3, -0.25) is 9.59 Å². The van der Waals surface area contributed by atoms with Gasteiger partial charge in [0, 0.05) is 30.1 Å². The van der Waals surface area contributed by atoms with Crippen LogP contribution < -0.4 is 11.1 Å². The lowest BCUT2D eigenvalue weighted by Crippen LogP contribution is -2.56.